The molecule has 0 aliphatic heterocycles. The summed E-state index contributed by atoms with van der Waals surface area (Å²) in [7, 11) is 1.48. The Morgan fingerprint density at radius 2 is 1.94 bits per heavy atom. The maximum absolute atomic E-state index is 12.9. The molecule has 0 aliphatic carbocycles. The highest BCUT2D eigenvalue weighted by Gasteiger charge is 2.23. The minimum absolute atomic E-state index is 0.0236. The lowest BCUT2D eigenvalue weighted by Crippen LogP contribution is -2.26. The predicted molar refractivity (Wildman–Crippen MR) is 119 cm³/mol. The summed E-state index contributed by atoms with van der Waals surface area (Å²) in [6.07, 6.45) is 1.25. The van der Waals surface area contributed by atoms with Crippen molar-refractivity contribution in [3.05, 3.63) is 63.4 Å². The number of fused-ring (bicyclic) bond motifs is 1. The number of rotatable bonds is 8. The number of aromatic carboxylic acids is 1. The molecule has 0 saturated carbocycles. The first-order chi connectivity index (χ1) is 14.8. The Kier molecular flexibility index (Phi) is 6.60. The van der Waals surface area contributed by atoms with Gasteiger partial charge in [-0.05, 0) is 24.5 Å². The van der Waals surface area contributed by atoms with Gasteiger partial charge < -0.3 is 24.8 Å². The van der Waals surface area contributed by atoms with Crippen molar-refractivity contribution in [3.8, 4) is 5.88 Å². The van der Waals surface area contributed by atoms with Crippen molar-refractivity contribution in [2.75, 3.05) is 19.0 Å². The van der Waals surface area contributed by atoms with Crippen molar-refractivity contribution in [3.63, 3.8) is 0 Å². The molecule has 2 aromatic heterocycles. The molecule has 3 aromatic rings. The van der Waals surface area contributed by atoms with Crippen molar-refractivity contribution in [1.29, 1.82) is 0 Å². The zero-order chi connectivity index (χ0) is 22.7. The Morgan fingerprint density at radius 3 is 2.48 bits per heavy atom. The maximum atomic E-state index is 12.9. The summed E-state index contributed by atoms with van der Waals surface area (Å²) in [6, 6.07) is 9.11. The molecule has 0 aliphatic rings. The number of nitrogens with zero attached hydrogens (tertiary/aromatic N) is 2. The number of benzene rings is 1. The molecule has 0 bridgehead atoms. The number of carbonyl (C=O) groups is 1. The topological polar surface area (TPSA) is 114 Å². The first-order valence-electron chi connectivity index (χ1n) is 10.0. The van der Waals surface area contributed by atoms with E-state index in [9.17, 15) is 19.8 Å². The van der Waals surface area contributed by atoms with Crippen LogP contribution in [0.1, 0.15) is 41.4 Å². The molecule has 0 spiro atoms. The van der Waals surface area contributed by atoms with Gasteiger partial charge in [-0.2, -0.15) is 4.98 Å². The van der Waals surface area contributed by atoms with Crippen LogP contribution in [-0.2, 0) is 6.54 Å². The Labute approximate surface area is 180 Å². The SMILES string of the molecule is COc1nc2c(cc1NCc1ccc(C)cc1)c(=O)c(C(=O)O)cn2C(CO)C(C)C. The molecule has 2 heterocycles. The van der Waals surface area contributed by atoms with E-state index in [0.717, 1.165) is 11.1 Å². The van der Waals surface area contributed by atoms with Gasteiger partial charge in [0.15, 0.2) is 0 Å². The van der Waals surface area contributed by atoms with Crippen molar-refractivity contribution in [1.82, 2.24) is 9.55 Å². The standard InChI is InChI=1S/C23H27N3O5/c1-13(2)19(12-27)26-11-17(23(29)30)20(28)16-9-18(22(31-4)25-21(16)26)24-10-15-7-5-14(3)6-8-15/h5-9,11,13,19,24,27H,10,12H2,1-4H3,(H,29,30). The number of pyridine rings is 2. The van der Waals surface area contributed by atoms with Gasteiger partial charge in [-0.3, -0.25) is 4.79 Å². The van der Waals surface area contributed by atoms with Crippen LogP contribution in [0.5, 0.6) is 5.88 Å². The van der Waals surface area contributed by atoms with E-state index < -0.39 is 17.4 Å². The maximum Gasteiger partial charge on any atom is 0.341 e. The van der Waals surface area contributed by atoms with E-state index in [1.807, 2.05) is 45.0 Å². The highest BCUT2D eigenvalue weighted by atomic mass is 16.5. The van der Waals surface area contributed by atoms with Crippen LogP contribution in [0.2, 0.25) is 0 Å². The molecule has 0 fully saturated rings. The number of ether oxygens (including phenoxy) is 1. The summed E-state index contributed by atoms with van der Waals surface area (Å²) in [4.78, 5) is 29.1. The van der Waals surface area contributed by atoms with Crippen molar-refractivity contribution < 1.29 is 19.7 Å². The van der Waals surface area contributed by atoms with Gasteiger partial charge in [0.05, 0.1) is 30.8 Å². The number of aliphatic hydroxyl groups is 1. The third-order valence-corrected chi connectivity index (χ3v) is 5.31. The summed E-state index contributed by atoms with van der Waals surface area (Å²) in [5, 5.41) is 22.8. The molecule has 0 radical (unpaired) electrons. The Bertz CT molecular complexity index is 1150. The highest BCUT2D eigenvalue weighted by molar-refractivity contribution is 5.93. The normalized spacial score (nSPS) is 12.2. The second-order valence-corrected chi connectivity index (χ2v) is 7.83. The monoisotopic (exact) mass is 425 g/mol. The van der Waals surface area contributed by atoms with Crippen LogP contribution in [0.15, 0.2) is 41.3 Å². The van der Waals surface area contributed by atoms with Crippen LogP contribution in [0.3, 0.4) is 0 Å². The number of hydrogen-bond acceptors (Lipinski definition) is 6. The molecule has 8 nitrogen and oxygen atoms in total. The van der Waals surface area contributed by atoms with E-state index in [1.54, 1.807) is 10.6 Å². The number of aryl methyl sites for hydroxylation is 1. The fourth-order valence-electron chi connectivity index (χ4n) is 3.47. The Hall–Kier alpha value is -3.39. The Balaban J connectivity index is 2.17. The third kappa shape index (κ3) is 4.54. The molecular weight excluding hydrogens is 398 g/mol. The second kappa shape index (κ2) is 9.18. The molecule has 0 amide bonds. The molecule has 3 rings (SSSR count). The van der Waals surface area contributed by atoms with Crippen LogP contribution < -0.4 is 15.5 Å². The van der Waals surface area contributed by atoms with E-state index >= 15 is 0 Å². The molecule has 3 N–H and O–H groups in total. The third-order valence-electron chi connectivity index (χ3n) is 5.31. The molecule has 31 heavy (non-hydrogen) atoms. The predicted octanol–water partition coefficient (Wildman–Crippen LogP) is 3.21. The summed E-state index contributed by atoms with van der Waals surface area (Å²) >= 11 is 0. The lowest BCUT2D eigenvalue weighted by atomic mass is 10.0. The zero-order valence-corrected chi connectivity index (χ0v) is 18.0. The van der Waals surface area contributed by atoms with E-state index in [-0.39, 0.29) is 35.0 Å². The van der Waals surface area contributed by atoms with Crippen LogP contribution in [0, 0.1) is 12.8 Å². The van der Waals surface area contributed by atoms with Gasteiger partial charge in [0.25, 0.3) is 0 Å². The van der Waals surface area contributed by atoms with Gasteiger partial charge in [0.2, 0.25) is 11.3 Å². The molecule has 1 atom stereocenters. The summed E-state index contributed by atoms with van der Waals surface area (Å²) in [6.45, 7) is 6.06. The molecule has 1 unspecified atom stereocenters. The summed E-state index contributed by atoms with van der Waals surface area (Å²) in [5.74, 6) is -1.08. The number of methoxy groups -OCH3 is 1. The lowest BCUT2D eigenvalue weighted by Gasteiger charge is -2.24. The number of nitrogens with one attached hydrogen (secondary N) is 1. The van der Waals surface area contributed by atoms with Gasteiger partial charge in [0.1, 0.15) is 11.2 Å². The second-order valence-electron chi connectivity index (χ2n) is 7.83. The van der Waals surface area contributed by atoms with Gasteiger partial charge in [0, 0.05) is 12.7 Å². The number of anilines is 1. The highest BCUT2D eigenvalue weighted by Crippen LogP contribution is 2.29. The average molecular weight is 425 g/mol. The van der Waals surface area contributed by atoms with Crippen LogP contribution in [-0.4, -0.2) is 39.5 Å². The molecular formula is C23H27N3O5. The quantitative estimate of drug-likeness (QED) is 0.508. The number of aromatic nitrogens is 2. The van der Waals surface area contributed by atoms with E-state index in [2.05, 4.69) is 10.3 Å². The van der Waals surface area contributed by atoms with E-state index in [0.29, 0.717) is 12.2 Å². The molecule has 8 heteroatoms. The Morgan fingerprint density at radius 1 is 1.26 bits per heavy atom. The fraction of sp³-hybridized carbons (Fsp3) is 0.348. The molecule has 1 aromatic carbocycles. The fourth-order valence-corrected chi connectivity index (χ4v) is 3.47. The minimum Gasteiger partial charge on any atom is -0.479 e. The number of carboxylic acids is 1. The lowest BCUT2D eigenvalue weighted by molar-refractivity contribution is 0.0694. The number of hydrogen-bond donors (Lipinski definition) is 3. The van der Waals surface area contributed by atoms with Crippen molar-refractivity contribution in [2.24, 2.45) is 5.92 Å². The van der Waals surface area contributed by atoms with Crippen LogP contribution >= 0.6 is 0 Å². The van der Waals surface area contributed by atoms with Gasteiger partial charge in [-0.1, -0.05) is 43.7 Å². The van der Waals surface area contributed by atoms with E-state index in [1.165, 1.54) is 13.3 Å². The first-order valence-corrected chi connectivity index (χ1v) is 10.0. The largest absolute Gasteiger partial charge is 0.479 e. The zero-order valence-electron chi connectivity index (χ0n) is 18.0. The first kappa shape index (κ1) is 22.3. The number of carboxylic acid groups (broad SMARTS) is 1. The summed E-state index contributed by atoms with van der Waals surface area (Å²) < 4.78 is 6.99. The smallest absolute Gasteiger partial charge is 0.341 e. The van der Waals surface area contributed by atoms with Crippen molar-refractivity contribution in [2.45, 2.75) is 33.4 Å². The number of aliphatic hydroxyl groups excluding tert-OH is 1. The van der Waals surface area contributed by atoms with Gasteiger partial charge in [-0.25, -0.2) is 4.79 Å². The van der Waals surface area contributed by atoms with Crippen LogP contribution in [0.25, 0.3) is 11.0 Å². The molecule has 0 saturated heterocycles. The average Bonchev–Trinajstić information content (AvgIpc) is 2.74. The minimum atomic E-state index is -1.33. The van der Waals surface area contributed by atoms with Gasteiger partial charge >= 0.3 is 5.97 Å². The van der Waals surface area contributed by atoms with Crippen molar-refractivity contribution >= 4 is 22.7 Å². The molecule has 164 valence electrons. The van der Waals surface area contributed by atoms with Gasteiger partial charge in [-0.15, -0.1) is 0 Å². The van der Waals surface area contributed by atoms with Crippen LogP contribution in [0.4, 0.5) is 5.69 Å². The summed E-state index contributed by atoms with van der Waals surface area (Å²) in [5.41, 5.74) is 1.92. The van der Waals surface area contributed by atoms with E-state index in [4.69, 9.17) is 4.74 Å².